The van der Waals surface area contributed by atoms with Gasteiger partial charge < -0.3 is 10.6 Å². The predicted molar refractivity (Wildman–Crippen MR) is 69.9 cm³/mol. The molecule has 1 heterocycles. The number of rotatable bonds is 3. The number of hydrogen-bond donors (Lipinski definition) is 1. The van der Waals surface area contributed by atoms with Crippen LogP contribution in [0.4, 0.5) is 8.78 Å². The van der Waals surface area contributed by atoms with Crippen molar-refractivity contribution in [2.24, 2.45) is 11.7 Å². The zero-order chi connectivity index (χ0) is 13.9. The first-order valence-corrected chi connectivity index (χ1v) is 7.42. The zero-order valence-corrected chi connectivity index (χ0v) is 11.4. The van der Waals surface area contributed by atoms with Crippen molar-refractivity contribution in [3.63, 3.8) is 0 Å². The number of nitrogens with zero attached hydrogens (tertiary/aromatic N) is 1. The summed E-state index contributed by atoms with van der Waals surface area (Å²) in [6, 6.07) is 0.230. The Morgan fingerprint density at radius 2 is 1.89 bits per heavy atom. The fraction of sp³-hybridized carbons (Fsp3) is 0.929. The lowest BCUT2D eigenvalue weighted by atomic mass is 9.85. The summed E-state index contributed by atoms with van der Waals surface area (Å²) in [5.41, 5.74) is 5.60. The standard InChI is InChI=1S/C14H24F2N2O/c15-14(16)7-4-11(5-8-14)13(19)18-10-2-1-3-12(18)6-9-17/h11-12H,1-10,17H2. The van der Waals surface area contributed by atoms with E-state index in [1.165, 1.54) is 0 Å². The molecular formula is C14H24F2N2O. The molecule has 2 aliphatic rings. The number of amides is 1. The van der Waals surface area contributed by atoms with E-state index in [1.807, 2.05) is 4.90 Å². The Kier molecular flexibility index (Phi) is 4.76. The van der Waals surface area contributed by atoms with E-state index in [0.29, 0.717) is 19.4 Å². The van der Waals surface area contributed by atoms with Crippen LogP contribution in [0.15, 0.2) is 0 Å². The predicted octanol–water partition coefficient (Wildman–Crippen LogP) is 2.54. The molecule has 0 bridgehead atoms. The van der Waals surface area contributed by atoms with E-state index < -0.39 is 5.92 Å². The maximum Gasteiger partial charge on any atom is 0.248 e. The van der Waals surface area contributed by atoms with Gasteiger partial charge in [0.2, 0.25) is 11.8 Å². The number of carbonyl (C=O) groups is 1. The Labute approximate surface area is 113 Å². The molecule has 0 aromatic rings. The van der Waals surface area contributed by atoms with Crippen molar-refractivity contribution < 1.29 is 13.6 Å². The highest BCUT2D eigenvalue weighted by Crippen LogP contribution is 2.37. The van der Waals surface area contributed by atoms with Crippen molar-refractivity contribution in [2.75, 3.05) is 13.1 Å². The largest absolute Gasteiger partial charge is 0.339 e. The van der Waals surface area contributed by atoms with Crippen LogP contribution in [0, 0.1) is 5.92 Å². The zero-order valence-electron chi connectivity index (χ0n) is 11.4. The van der Waals surface area contributed by atoms with Crippen LogP contribution in [0.1, 0.15) is 51.4 Å². The van der Waals surface area contributed by atoms with Gasteiger partial charge in [0.1, 0.15) is 0 Å². The van der Waals surface area contributed by atoms with E-state index in [-0.39, 0.29) is 30.7 Å². The van der Waals surface area contributed by atoms with Crippen LogP contribution in [0.25, 0.3) is 0 Å². The van der Waals surface area contributed by atoms with Crippen LogP contribution in [-0.4, -0.2) is 35.9 Å². The number of alkyl halides is 2. The molecule has 1 unspecified atom stereocenters. The van der Waals surface area contributed by atoms with Crippen LogP contribution in [0.5, 0.6) is 0 Å². The second-order valence-corrected chi connectivity index (χ2v) is 5.89. The quantitative estimate of drug-likeness (QED) is 0.859. The van der Waals surface area contributed by atoms with E-state index in [0.717, 1.165) is 32.2 Å². The summed E-state index contributed by atoms with van der Waals surface area (Å²) in [6.45, 7) is 1.35. The van der Waals surface area contributed by atoms with Gasteiger partial charge in [0.05, 0.1) is 0 Å². The number of piperidine rings is 1. The van der Waals surface area contributed by atoms with Gasteiger partial charge in [0.15, 0.2) is 0 Å². The molecule has 2 N–H and O–H groups in total. The van der Waals surface area contributed by atoms with Gasteiger partial charge in [-0.25, -0.2) is 8.78 Å². The SMILES string of the molecule is NCCC1CCCCN1C(=O)C1CCC(F)(F)CC1. The average molecular weight is 274 g/mol. The van der Waals surface area contributed by atoms with Crippen molar-refractivity contribution >= 4 is 5.91 Å². The summed E-state index contributed by atoms with van der Waals surface area (Å²) in [5, 5.41) is 0. The van der Waals surface area contributed by atoms with E-state index >= 15 is 0 Å². The number of likely N-dealkylation sites (tertiary alicyclic amines) is 1. The first-order chi connectivity index (χ1) is 9.03. The third-order valence-electron chi connectivity index (χ3n) is 4.48. The van der Waals surface area contributed by atoms with Crippen LogP contribution >= 0.6 is 0 Å². The van der Waals surface area contributed by atoms with Gasteiger partial charge in [0.25, 0.3) is 0 Å². The van der Waals surface area contributed by atoms with Gasteiger partial charge in [0, 0.05) is 31.3 Å². The molecule has 1 saturated heterocycles. The van der Waals surface area contributed by atoms with E-state index in [1.54, 1.807) is 0 Å². The molecule has 1 saturated carbocycles. The van der Waals surface area contributed by atoms with Crippen LogP contribution in [0.3, 0.4) is 0 Å². The second kappa shape index (κ2) is 6.16. The number of halogens is 2. The van der Waals surface area contributed by atoms with Crippen molar-refractivity contribution in [3.8, 4) is 0 Å². The summed E-state index contributed by atoms with van der Waals surface area (Å²) in [4.78, 5) is 14.4. The number of nitrogens with two attached hydrogens (primary N) is 1. The summed E-state index contributed by atoms with van der Waals surface area (Å²) >= 11 is 0. The number of carbonyl (C=O) groups excluding carboxylic acids is 1. The van der Waals surface area contributed by atoms with Gasteiger partial charge in [-0.15, -0.1) is 0 Å². The lowest BCUT2D eigenvalue weighted by Gasteiger charge is -2.39. The Bertz CT molecular complexity index is 311. The summed E-state index contributed by atoms with van der Waals surface area (Å²) in [7, 11) is 0. The fourth-order valence-electron chi connectivity index (χ4n) is 3.30. The summed E-state index contributed by atoms with van der Waals surface area (Å²) in [5.74, 6) is -2.67. The molecule has 110 valence electrons. The maximum atomic E-state index is 13.1. The van der Waals surface area contributed by atoms with Gasteiger partial charge in [-0.2, -0.15) is 0 Å². The molecular weight excluding hydrogens is 250 g/mol. The molecule has 2 rings (SSSR count). The Hall–Kier alpha value is -0.710. The first-order valence-electron chi connectivity index (χ1n) is 7.42. The van der Waals surface area contributed by atoms with Gasteiger partial charge in [-0.3, -0.25) is 4.79 Å². The van der Waals surface area contributed by atoms with E-state index in [4.69, 9.17) is 5.73 Å². The molecule has 1 atom stereocenters. The molecule has 0 aromatic heterocycles. The summed E-state index contributed by atoms with van der Waals surface area (Å²) < 4.78 is 26.3. The monoisotopic (exact) mass is 274 g/mol. The van der Waals surface area contributed by atoms with Gasteiger partial charge >= 0.3 is 0 Å². The summed E-state index contributed by atoms with van der Waals surface area (Å²) in [6.07, 6.45) is 4.38. The highest BCUT2D eigenvalue weighted by atomic mass is 19.3. The van der Waals surface area contributed by atoms with Crippen LogP contribution in [0.2, 0.25) is 0 Å². The molecule has 1 amide bonds. The van der Waals surface area contributed by atoms with Crippen molar-refractivity contribution in [1.82, 2.24) is 4.90 Å². The molecule has 3 nitrogen and oxygen atoms in total. The normalized spacial score (nSPS) is 28.4. The molecule has 0 aromatic carbocycles. The van der Waals surface area contributed by atoms with Crippen molar-refractivity contribution in [1.29, 1.82) is 0 Å². The lowest BCUT2D eigenvalue weighted by Crippen LogP contribution is -2.48. The van der Waals surface area contributed by atoms with Crippen LogP contribution < -0.4 is 5.73 Å². The second-order valence-electron chi connectivity index (χ2n) is 5.89. The molecule has 5 heteroatoms. The average Bonchev–Trinajstić information content (AvgIpc) is 2.39. The minimum atomic E-state index is -2.56. The molecule has 19 heavy (non-hydrogen) atoms. The fourth-order valence-corrected chi connectivity index (χ4v) is 3.30. The minimum absolute atomic E-state index is 0.0913. The lowest BCUT2D eigenvalue weighted by molar-refractivity contribution is -0.143. The minimum Gasteiger partial charge on any atom is -0.339 e. The molecule has 0 spiro atoms. The van der Waals surface area contributed by atoms with Gasteiger partial charge in [-0.1, -0.05) is 0 Å². The molecule has 1 aliphatic carbocycles. The Balaban J connectivity index is 1.94. The number of hydrogen-bond acceptors (Lipinski definition) is 2. The highest BCUT2D eigenvalue weighted by Gasteiger charge is 2.39. The van der Waals surface area contributed by atoms with Crippen LogP contribution in [-0.2, 0) is 4.79 Å². The molecule has 0 radical (unpaired) electrons. The first kappa shape index (κ1) is 14.7. The topological polar surface area (TPSA) is 46.3 Å². The molecule has 2 fully saturated rings. The third kappa shape index (κ3) is 3.65. The van der Waals surface area contributed by atoms with E-state index in [9.17, 15) is 13.6 Å². The van der Waals surface area contributed by atoms with E-state index in [2.05, 4.69) is 0 Å². The van der Waals surface area contributed by atoms with Crippen molar-refractivity contribution in [3.05, 3.63) is 0 Å². The smallest absolute Gasteiger partial charge is 0.248 e. The Morgan fingerprint density at radius 3 is 2.53 bits per heavy atom. The highest BCUT2D eigenvalue weighted by molar-refractivity contribution is 5.79. The third-order valence-corrected chi connectivity index (χ3v) is 4.48. The van der Waals surface area contributed by atoms with Gasteiger partial charge in [-0.05, 0) is 45.1 Å². The maximum absolute atomic E-state index is 13.1. The molecule has 1 aliphatic heterocycles. The Morgan fingerprint density at radius 1 is 1.21 bits per heavy atom. The van der Waals surface area contributed by atoms with Crippen molar-refractivity contribution in [2.45, 2.75) is 63.3 Å².